The minimum Gasteiger partial charge on any atom is -0.458 e. The zero-order chi connectivity index (χ0) is 16.0. The molecule has 0 unspecified atom stereocenters. The fourth-order valence-electron chi connectivity index (χ4n) is 5.38. The smallest absolute Gasteiger partial charge is 0.331 e. The molecule has 3 aliphatic rings. The maximum Gasteiger partial charge on any atom is 0.331 e. The molecule has 2 nitrogen and oxygen atoms in total. The summed E-state index contributed by atoms with van der Waals surface area (Å²) >= 11 is 0. The van der Waals surface area contributed by atoms with E-state index in [1.165, 1.54) is 49.7 Å². The van der Waals surface area contributed by atoms with Gasteiger partial charge in [-0.2, -0.15) is 0 Å². The number of cyclic esters (lactones) is 1. The van der Waals surface area contributed by atoms with E-state index in [9.17, 15) is 4.79 Å². The molecule has 2 aliphatic carbocycles. The normalized spacial score (nSPS) is 41.9. The molecule has 0 N–H and O–H groups in total. The molecule has 2 saturated carbocycles. The van der Waals surface area contributed by atoms with Crippen LogP contribution in [-0.2, 0) is 9.53 Å². The lowest BCUT2D eigenvalue weighted by molar-refractivity contribution is -0.134. The molecular formula is C20H30O2. The third-order valence-corrected chi connectivity index (χ3v) is 7.27. The zero-order valence-electron chi connectivity index (χ0n) is 14.4. The van der Waals surface area contributed by atoms with Crippen molar-refractivity contribution in [2.24, 2.45) is 22.7 Å². The van der Waals surface area contributed by atoms with Crippen molar-refractivity contribution in [2.45, 2.75) is 65.7 Å². The van der Waals surface area contributed by atoms with Gasteiger partial charge < -0.3 is 4.74 Å². The van der Waals surface area contributed by atoms with Gasteiger partial charge in [-0.1, -0.05) is 32.9 Å². The maximum atomic E-state index is 11.3. The second kappa shape index (κ2) is 5.54. The monoisotopic (exact) mass is 302 g/mol. The Balaban J connectivity index is 1.80. The van der Waals surface area contributed by atoms with Crippen LogP contribution < -0.4 is 0 Å². The number of allylic oxidation sites excluding steroid dienone is 1. The van der Waals surface area contributed by atoms with Gasteiger partial charge in [0.1, 0.15) is 6.61 Å². The van der Waals surface area contributed by atoms with Gasteiger partial charge in [0, 0.05) is 6.08 Å². The predicted octanol–water partition coefficient (Wildman–Crippen LogP) is 5.05. The second-order valence-corrected chi connectivity index (χ2v) is 8.32. The summed E-state index contributed by atoms with van der Waals surface area (Å²) in [6.45, 7) is 12.3. The summed E-state index contributed by atoms with van der Waals surface area (Å²) in [4.78, 5) is 11.3. The Morgan fingerprint density at radius 2 is 2.14 bits per heavy atom. The molecule has 0 saturated heterocycles. The van der Waals surface area contributed by atoms with Crippen LogP contribution in [0.5, 0.6) is 0 Å². The predicted molar refractivity (Wildman–Crippen MR) is 89.4 cm³/mol. The van der Waals surface area contributed by atoms with Crippen LogP contribution in [0.25, 0.3) is 0 Å². The van der Waals surface area contributed by atoms with Gasteiger partial charge in [0.25, 0.3) is 0 Å². The van der Waals surface area contributed by atoms with E-state index >= 15 is 0 Å². The molecule has 0 bridgehead atoms. The standard InChI is InChI=1S/C20H30O2/c1-14-6-5-7-17-19(14,3)10-8-15(2)20(17,4)11-9-16-12-18(21)22-13-16/h12,15,17H,1,5-11,13H2,2-4H3/t15-,17+,19+,20-/m1/s1. The Morgan fingerprint density at radius 1 is 1.36 bits per heavy atom. The van der Waals surface area contributed by atoms with E-state index in [0.717, 1.165) is 18.3 Å². The van der Waals surface area contributed by atoms with Crippen molar-refractivity contribution in [3.8, 4) is 0 Å². The topological polar surface area (TPSA) is 26.3 Å². The number of hydrogen-bond acceptors (Lipinski definition) is 2. The Morgan fingerprint density at radius 3 is 2.82 bits per heavy atom. The van der Waals surface area contributed by atoms with Gasteiger partial charge in [-0.15, -0.1) is 0 Å². The van der Waals surface area contributed by atoms with Gasteiger partial charge in [-0.3, -0.25) is 0 Å². The van der Waals surface area contributed by atoms with Crippen LogP contribution in [0.1, 0.15) is 65.7 Å². The van der Waals surface area contributed by atoms with Crippen LogP contribution >= 0.6 is 0 Å². The quantitative estimate of drug-likeness (QED) is 0.539. The molecule has 0 spiro atoms. The molecule has 0 aromatic heterocycles. The molecule has 0 amide bonds. The van der Waals surface area contributed by atoms with Crippen molar-refractivity contribution in [2.75, 3.05) is 6.61 Å². The summed E-state index contributed by atoms with van der Waals surface area (Å²) in [5.74, 6) is 1.33. The van der Waals surface area contributed by atoms with Crippen LogP contribution in [-0.4, -0.2) is 12.6 Å². The first-order valence-electron chi connectivity index (χ1n) is 8.91. The van der Waals surface area contributed by atoms with E-state index in [0.29, 0.717) is 17.4 Å². The average Bonchev–Trinajstić information content (AvgIpc) is 2.90. The summed E-state index contributed by atoms with van der Waals surface area (Å²) < 4.78 is 5.06. The summed E-state index contributed by atoms with van der Waals surface area (Å²) in [5.41, 5.74) is 3.35. The minimum absolute atomic E-state index is 0.160. The number of esters is 1. The van der Waals surface area contributed by atoms with Crippen molar-refractivity contribution < 1.29 is 9.53 Å². The van der Waals surface area contributed by atoms with E-state index in [1.807, 2.05) is 0 Å². The van der Waals surface area contributed by atoms with Gasteiger partial charge in [0.2, 0.25) is 0 Å². The fraction of sp³-hybridized carbons (Fsp3) is 0.750. The number of carbonyl (C=O) groups is 1. The SMILES string of the molecule is C=C1CCC[C@@H]2[C@](C)(CCC3=CC(=O)OC3)[C@H](C)CC[C@@]12C. The average molecular weight is 302 g/mol. The van der Waals surface area contributed by atoms with Crippen LogP contribution in [0.15, 0.2) is 23.8 Å². The highest BCUT2D eigenvalue weighted by Crippen LogP contribution is 2.62. The van der Waals surface area contributed by atoms with Crippen molar-refractivity contribution in [3.63, 3.8) is 0 Å². The molecule has 1 heterocycles. The first-order chi connectivity index (χ1) is 10.4. The third-order valence-electron chi connectivity index (χ3n) is 7.27. The van der Waals surface area contributed by atoms with Crippen molar-refractivity contribution in [1.29, 1.82) is 0 Å². The number of fused-ring (bicyclic) bond motifs is 1. The van der Waals surface area contributed by atoms with E-state index in [-0.39, 0.29) is 5.97 Å². The van der Waals surface area contributed by atoms with Gasteiger partial charge in [0.15, 0.2) is 0 Å². The molecule has 2 fully saturated rings. The summed E-state index contributed by atoms with van der Waals surface area (Å²) in [7, 11) is 0. The first-order valence-corrected chi connectivity index (χ1v) is 8.91. The maximum absolute atomic E-state index is 11.3. The molecule has 0 aromatic rings. The summed E-state index contributed by atoms with van der Waals surface area (Å²) in [6.07, 6.45) is 10.3. The fourth-order valence-corrected chi connectivity index (χ4v) is 5.38. The van der Waals surface area contributed by atoms with Gasteiger partial charge >= 0.3 is 5.97 Å². The van der Waals surface area contributed by atoms with Gasteiger partial charge in [-0.05, 0) is 73.2 Å². The lowest BCUT2D eigenvalue weighted by Crippen LogP contribution is -2.50. The first kappa shape index (κ1) is 15.8. The van der Waals surface area contributed by atoms with Crippen molar-refractivity contribution in [3.05, 3.63) is 23.8 Å². The summed E-state index contributed by atoms with van der Waals surface area (Å²) in [5, 5.41) is 0. The van der Waals surface area contributed by atoms with Crippen LogP contribution in [0.2, 0.25) is 0 Å². The lowest BCUT2D eigenvalue weighted by Gasteiger charge is -2.59. The van der Waals surface area contributed by atoms with Crippen LogP contribution in [0, 0.1) is 22.7 Å². The number of hydrogen-bond donors (Lipinski definition) is 0. The molecule has 22 heavy (non-hydrogen) atoms. The number of carbonyl (C=O) groups excluding carboxylic acids is 1. The summed E-state index contributed by atoms with van der Waals surface area (Å²) in [6, 6.07) is 0. The van der Waals surface area contributed by atoms with E-state index < -0.39 is 0 Å². The second-order valence-electron chi connectivity index (χ2n) is 8.32. The Labute approximate surface area is 135 Å². The number of ether oxygens (including phenoxy) is 1. The number of rotatable bonds is 3. The molecular weight excluding hydrogens is 272 g/mol. The van der Waals surface area contributed by atoms with Crippen molar-refractivity contribution >= 4 is 5.97 Å². The third kappa shape index (κ3) is 2.45. The van der Waals surface area contributed by atoms with Gasteiger partial charge in [-0.25, -0.2) is 4.79 Å². The lowest BCUT2D eigenvalue weighted by atomic mass is 9.46. The van der Waals surface area contributed by atoms with E-state index in [2.05, 4.69) is 27.4 Å². The molecule has 122 valence electrons. The Bertz CT molecular complexity index is 518. The molecule has 3 rings (SSSR count). The largest absolute Gasteiger partial charge is 0.458 e. The van der Waals surface area contributed by atoms with Gasteiger partial charge in [0.05, 0.1) is 0 Å². The Kier molecular flexibility index (Phi) is 3.99. The highest BCUT2D eigenvalue weighted by molar-refractivity contribution is 5.85. The highest BCUT2D eigenvalue weighted by Gasteiger charge is 2.53. The Hall–Kier alpha value is -1.05. The molecule has 1 aliphatic heterocycles. The minimum atomic E-state index is -0.160. The zero-order valence-corrected chi connectivity index (χ0v) is 14.4. The highest BCUT2D eigenvalue weighted by atomic mass is 16.5. The molecule has 0 radical (unpaired) electrons. The molecule has 4 atom stereocenters. The van der Waals surface area contributed by atoms with Crippen LogP contribution in [0.3, 0.4) is 0 Å². The molecule has 2 heteroatoms. The van der Waals surface area contributed by atoms with Crippen LogP contribution in [0.4, 0.5) is 0 Å². The molecule has 0 aromatic carbocycles. The van der Waals surface area contributed by atoms with E-state index in [1.54, 1.807) is 6.08 Å². The van der Waals surface area contributed by atoms with E-state index in [4.69, 9.17) is 4.74 Å². The van der Waals surface area contributed by atoms with Crippen molar-refractivity contribution in [1.82, 2.24) is 0 Å².